The van der Waals surface area contributed by atoms with Gasteiger partial charge in [-0.3, -0.25) is 9.10 Å². The minimum absolute atomic E-state index is 0.00508. The maximum atomic E-state index is 14.5. The van der Waals surface area contributed by atoms with Gasteiger partial charge >= 0.3 is 12.1 Å². The summed E-state index contributed by atoms with van der Waals surface area (Å²) in [5.74, 6) is -8.41. The van der Waals surface area contributed by atoms with Crippen LogP contribution in [-0.2, 0) is 21.0 Å². The van der Waals surface area contributed by atoms with Gasteiger partial charge in [-0.2, -0.15) is 13.2 Å². The smallest absolute Gasteiger partial charge is 0.416 e. The van der Waals surface area contributed by atoms with Crippen molar-refractivity contribution in [3.05, 3.63) is 77.4 Å². The number of carbonyl (C=O) groups is 1. The Kier molecular flexibility index (Phi) is 7.28. The average molecular weight is 592 g/mol. The fraction of sp³-hybridized carbons (Fsp3) is 0.269. The standard InChI is InChI=1S/C26H20F7NO5S/c1-25(2,24(35)36)11-15-12-34(40(37,38)16-5-3-4-14(9-16)26(31,32)33)19-8-13(6-7-20(19)39-15)21-22(29)17(27)10-18(28)23(21)30/h3-10,15H,11-12H2,1-2H3,(H,35,36). The second-order valence-electron chi connectivity index (χ2n) is 9.72. The largest absolute Gasteiger partial charge is 0.486 e. The van der Waals surface area contributed by atoms with E-state index in [9.17, 15) is 49.1 Å². The predicted octanol–water partition coefficient (Wildman–Crippen LogP) is 6.39. The molecule has 1 atom stereocenters. The highest BCUT2D eigenvalue weighted by Crippen LogP contribution is 2.43. The number of alkyl halides is 3. The predicted molar refractivity (Wildman–Crippen MR) is 128 cm³/mol. The topological polar surface area (TPSA) is 83.9 Å². The fourth-order valence-corrected chi connectivity index (χ4v) is 5.79. The van der Waals surface area contributed by atoms with Crippen LogP contribution in [0.3, 0.4) is 0 Å². The molecule has 0 radical (unpaired) electrons. The molecule has 6 nitrogen and oxygen atoms in total. The van der Waals surface area contributed by atoms with E-state index in [4.69, 9.17) is 4.74 Å². The Hall–Kier alpha value is -3.81. The van der Waals surface area contributed by atoms with E-state index in [2.05, 4.69) is 0 Å². The number of nitrogens with zero attached hydrogens (tertiary/aromatic N) is 1. The van der Waals surface area contributed by atoms with Crippen molar-refractivity contribution in [1.82, 2.24) is 0 Å². The van der Waals surface area contributed by atoms with Crippen molar-refractivity contribution in [3.63, 3.8) is 0 Å². The molecule has 4 rings (SSSR count). The van der Waals surface area contributed by atoms with Gasteiger partial charge < -0.3 is 9.84 Å². The maximum absolute atomic E-state index is 14.5. The molecule has 1 heterocycles. The van der Waals surface area contributed by atoms with Gasteiger partial charge in [0.15, 0.2) is 23.3 Å². The van der Waals surface area contributed by atoms with Gasteiger partial charge in [-0.15, -0.1) is 0 Å². The second-order valence-corrected chi connectivity index (χ2v) is 11.6. The highest BCUT2D eigenvalue weighted by atomic mass is 32.2. The summed E-state index contributed by atoms with van der Waals surface area (Å²) in [6.45, 7) is 2.11. The van der Waals surface area contributed by atoms with Gasteiger partial charge in [0.2, 0.25) is 0 Å². The average Bonchev–Trinajstić information content (AvgIpc) is 2.86. The van der Waals surface area contributed by atoms with Crippen molar-refractivity contribution < 1.29 is 53.8 Å². The van der Waals surface area contributed by atoms with E-state index in [0.29, 0.717) is 16.4 Å². The van der Waals surface area contributed by atoms with Crippen LogP contribution in [-0.4, -0.2) is 32.1 Å². The molecule has 0 bridgehead atoms. The summed E-state index contributed by atoms with van der Waals surface area (Å²) in [6, 6.07) is 5.74. The summed E-state index contributed by atoms with van der Waals surface area (Å²) in [6.07, 6.45) is -6.24. The lowest BCUT2D eigenvalue weighted by Crippen LogP contribution is -2.46. The van der Waals surface area contributed by atoms with Gasteiger partial charge in [0.25, 0.3) is 10.0 Å². The van der Waals surface area contributed by atoms with E-state index in [1.807, 2.05) is 0 Å². The number of ether oxygens (including phenoxy) is 1. The van der Waals surface area contributed by atoms with Crippen LogP contribution in [0.4, 0.5) is 36.4 Å². The van der Waals surface area contributed by atoms with Crippen LogP contribution < -0.4 is 9.04 Å². The first-order chi connectivity index (χ1) is 18.4. The van der Waals surface area contributed by atoms with Gasteiger partial charge in [-0.1, -0.05) is 12.1 Å². The summed E-state index contributed by atoms with van der Waals surface area (Å²) in [5.41, 5.74) is -4.73. The lowest BCUT2D eigenvalue weighted by Gasteiger charge is -2.38. The maximum Gasteiger partial charge on any atom is 0.416 e. The molecule has 0 aromatic heterocycles. The molecule has 0 saturated carbocycles. The van der Waals surface area contributed by atoms with Crippen molar-refractivity contribution in [1.29, 1.82) is 0 Å². The molecule has 14 heteroatoms. The van der Waals surface area contributed by atoms with Crippen LogP contribution in [0.1, 0.15) is 25.8 Å². The van der Waals surface area contributed by atoms with Crippen molar-refractivity contribution in [3.8, 4) is 16.9 Å². The summed E-state index contributed by atoms with van der Waals surface area (Å²) >= 11 is 0. The highest BCUT2D eigenvalue weighted by molar-refractivity contribution is 7.92. The van der Waals surface area contributed by atoms with Gasteiger partial charge in [0, 0.05) is 12.5 Å². The molecule has 40 heavy (non-hydrogen) atoms. The monoisotopic (exact) mass is 591 g/mol. The van der Waals surface area contributed by atoms with E-state index >= 15 is 0 Å². The van der Waals surface area contributed by atoms with Crippen LogP contribution in [0, 0.1) is 28.7 Å². The molecule has 0 saturated heterocycles. The van der Waals surface area contributed by atoms with Crippen molar-refractivity contribution in [2.24, 2.45) is 5.41 Å². The number of aliphatic carboxylic acids is 1. The van der Waals surface area contributed by atoms with Crippen molar-refractivity contribution in [2.75, 3.05) is 10.8 Å². The zero-order chi connectivity index (χ0) is 29.8. The SMILES string of the molecule is CC(C)(CC1CN(S(=O)(=O)c2cccc(C(F)(F)F)c2)c2cc(-c3c(F)c(F)cc(F)c3F)ccc2O1)C(=O)O. The third kappa shape index (κ3) is 5.31. The number of sulfonamides is 1. The molecule has 1 N–H and O–H groups in total. The van der Waals surface area contributed by atoms with E-state index < -0.39 is 90.8 Å². The Morgan fingerprint density at radius 2 is 1.62 bits per heavy atom. The summed E-state index contributed by atoms with van der Waals surface area (Å²) in [7, 11) is -4.83. The molecule has 3 aromatic carbocycles. The van der Waals surface area contributed by atoms with Gasteiger partial charge in [0.1, 0.15) is 11.9 Å². The molecule has 0 amide bonds. The number of fused-ring (bicyclic) bond motifs is 1. The lowest BCUT2D eigenvalue weighted by molar-refractivity contribution is -0.148. The number of hydrogen-bond acceptors (Lipinski definition) is 4. The molecule has 0 aliphatic carbocycles. The normalized spacial score (nSPS) is 15.9. The molecule has 0 spiro atoms. The minimum atomic E-state index is -4.88. The second kappa shape index (κ2) is 9.98. The summed E-state index contributed by atoms with van der Waals surface area (Å²) in [5, 5.41) is 9.51. The zero-order valence-corrected chi connectivity index (χ0v) is 21.5. The summed E-state index contributed by atoms with van der Waals surface area (Å²) < 4.78 is 131. The van der Waals surface area contributed by atoms with Gasteiger partial charge in [-0.05, 0) is 49.7 Å². The van der Waals surface area contributed by atoms with Crippen molar-refractivity contribution >= 4 is 21.7 Å². The van der Waals surface area contributed by atoms with Crippen LogP contribution in [0.25, 0.3) is 11.1 Å². The van der Waals surface area contributed by atoms with Crippen molar-refractivity contribution in [2.45, 2.75) is 37.4 Å². The molecule has 1 unspecified atom stereocenters. The number of rotatable bonds is 6. The van der Waals surface area contributed by atoms with E-state index in [0.717, 1.165) is 30.3 Å². The number of carboxylic acid groups (broad SMARTS) is 1. The molecule has 0 fully saturated rings. The first kappa shape index (κ1) is 29.2. The first-order valence-electron chi connectivity index (χ1n) is 11.5. The molecule has 1 aliphatic rings. The van der Waals surface area contributed by atoms with Crippen LogP contribution >= 0.6 is 0 Å². The van der Waals surface area contributed by atoms with Crippen LogP contribution in [0.15, 0.2) is 53.4 Å². The number of hydrogen-bond donors (Lipinski definition) is 1. The Bertz CT molecular complexity index is 1580. The van der Waals surface area contributed by atoms with Gasteiger partial charge in [0.05, 0.1) is 33.7 Å². The molecule has 214 valence electrons. The van der Waals surface area contributed by atoms with Gasteiger partial charge in [-0.25, -0.2) is 26.0 Å². The highest BCUT2D eigenvalue weighted by Gasteiger charge is 2.40. The first-order valence-corrected chi connectivity index (χ1v) is 12.9. The summed E-state index contributed by atoms with van der Waals surface area (Å²) in [4.78, 5) is 10.9. The number of halogens is 7. The molecular formula is C26H20F7NO5S. The van der Waals surface area contributed by atoms with E-state index in [1.165, 1.54) is 13.8 Å². The minimum Gasteiger partial charge on any atom is -0.486 e. The Morgan fingerprint density at radius 3 is 2.20 bits per heavy atom. The Labute approximate surface area is 223 Å². The lowest BCUT2D eigenvalue weighted by atomic mass is 9.86. The van der Waals surface area contributed by atoms with E-state index in [1.54, 1.807) is 0 Å². The molecule has 3 aromatic rings. The third-order valence-corrected chi connectivity index (χ3v) is 8.13. The molecular weight excluding hydrogens is 571 g/mol. The van der Waals surface area contributed by atoms with E-state index in [-0.39, 0.29) is 18.2 Å². The molecule has 1 aliphatic heterocycles. The quantitative estimate of drug-likeness (QED) is 0.266. The Morgan fingerprint density at radius 1 is 1.00 bits per heavy atom. The fourth-order valence-electron chi connectivity index (χ4n) is 4.24. The number of anilines is 1. The number of carboxylic acids is 1. The van der Waals surface area contributed by atoms with Crippen LogP contribution in [0.5, 0.6) is 5.75 Å². The Balaban J connectivity index is 1.90. The number of benzene rings is 3. The zero-order valence-electron chi connectivity index (χ0n) is 20.7. The van der Waals surface area contributed by atoms with Crippen LogP contribution in [0.2, 0.25) is 0 Å². The third-order valence-electron chi connectivity index (χ3n) is 6.36.